The molecule has 0 atom stereocenters. The molecule has 0 spiro atoms. The van der Waals surface area contributed by atoms with Gasteiger partial charge in [0.1, 0.15) is 17.5 Å². The predicted octanol–water partition coefficient (Wildman–Crippen LogP) is 3.12. The largest absolute Gasteiger partial charge is 0.370 e. The Hall–Kier alpha value is -1.36. The summed E-state index contributed by atoms with van der Waals surface area (Å²) in [7, 11) is 0. The molecule has 0 aromatic carbocycles. The quantitative estimate of drug-likeness (QED) is 0.382. The van der Waals surface area contributed by atoms with Crippen LogP contribution >= 0.6 is 0 Å². The normalized spacial score (nSPS) is 11.1. The minimum absolute atomic E-state index is 0.287. The van der Waals surface area contributed by atoms with Gasteiger partial charge in [-0.15, -0.1) is 0 Å². The van der Waals surface area contributed by atoms with Crippen molar-refractivity contribution in [3.63, 3.8) is 0 Å². The Morgan fingerprint density at radius 3 is 2.37 bits per heavy atom. The number of nitrogen functional groups attached to an aromatic ring is 1. The molecule has 0 aliphatic heterocycles. The zero-order chi connectivity index (χ0) is 14.3. The highest BCUT2D eigenvalue weighted by molar-refractivity contribution is 5.47. The second kappa shape index (κ2) is 7.94. The summed E-state index contributed by atoms with van der Waals surface area (Å²) < 4.78 is 0. The van der Waals surface area contributed by atoms with Gasteiger partial charge in [-0.05, 0) is 12.3 Å². The van der Waals surface area contributed by atoms with Crippen LogP contribution in [0, 0.1) is 5.92 Å². The lowest BCUT2D eigenvalue weighted by atomic mass is 10.1. The van der Waals surface area contributed by atoms with Crippen molar-refractivity contribution in [2.45, 2.75) is 52.9 Å². The summed E-state index contributed by atoms with van der Waals surface area (Å²) in [6.45, 7) is 9.59. The number of nitrogens with two attached hydrogens (primary N) is 1. The van der Waals surface area contributed by atoms with E-state index in [4.69, 9.17) is 5.84 Å². The van der Waals surface area contributed by atoms with Crippen molar-refractivity contribution in [1.82, 2.24) is 9.97 Å². The molecule has 0 aliphatic rings. The van der Waals surface area contributed by atoms with Gasteiger partial charge in [-0.3, -0.25) is 0 Å². The first-order chi connectivity index (χ1) is 9.02. The number of aromatic nitrogens is 2. The molecule has 108 valence electrons. The zero-order valence-corrected chi connectivity index (χ0v) is 12.5. The topological polar surface area (TPSA) is 75.9 Å². The molecule has 1 heterocycles. The maximum Gasteiger partial charge on any atom is 0.145 e. The molecule has 0 aliphatic carbocycles. The van der Waals surface area contributed by atoms with Crippen molar-refractivity contribution in [1.29, 1.82) is 0 Å². The van der Waals surface area contributed by atoms with Crippen LogP contribution in [-0.4, -0.2) is 16.5 Å². The molecule has 19 heavy (non-hydrogen) atoms. The summed E-state index contributed by atoms with van der Waals surface area (Å²) >= 11 is 0. The van der Waals surface area contributed by atoms with Crippen LogP contribution in [-0.2, 0) is 0 Å². The third kappa shape index (κ3) is 5.87. The fourth-order valence-corrected chi connectivity index (χ4v) is 1.78. The van der Waals surface area contributed by atoms with Crippen molar-refractivity contribution >= 4 is 11.6 Å². The standard InChI is InChI=1S/C14H27N5/c1-10(2)7-5-6-8-16-12-9-13(19-15)18-14(17-12)11(3)4/h9-11H,5-8,15H2,1-4H3,(H2,16,17,18,19). The smallest absolute Gasteiger partial charge is 0.145 e. The molecule has 0 bridgehead atoms. The molecule has 0 radical (unpaired) electrons. The van der Waals surface area contributed by atoms with Crippen LogP contribution in [0.5, 0.6) is 0 Å². The molecule has 0 saturated carbocycles. The molecule has 0 amide bonds. The number of rotatable bonds is 8. The second-order valence-electron chi connectivity index (χ2n) is 5.61. The van der Waals surface area contributed by atoms with Gasteiger partial charge in [0, 0.05) is 18.5 Å². The van der Waals surface area contributed by atoms with Crippen LogP contribution in [0.1, 0.15) is 58.7 Å². The van der Waals surface area contributed by atoms with Crippen molar-refractivity contribution in [3.8, 4) is 0 Å². The lowest BCUT2D eigenvalue weighted by molar-refractivity contribution is 0.544. The monoisotopic (exact) mass is 265 g/mol. The number of hydrogen-bond acceptors (Lipinski definition) is 5. The lowest BCUT2D eigenvalue weighted by Crippen LogP contribution is -2.13. The highest BCUT2D eigenvalue weighted by Gasteiger charge is 2.07. The minimum Gasteiger partial charge on any atom is -0.370 e. The molecule has 5 heteroatoms. The van der Waals surface area contributed by atoms with Crippen molar-refractivity contribution in [2.75, 3.05) is 17.3 Å². The van der Waals surface area contributed by atoms with E-state index in [0.717, 1.165) is 30.5 Å². The highest BCUT2D eigenvalue weighted by atomic mass is 15.3. The summed E-state index contributed by atoms with van der Waals surface area (Å²) in [4.78, 5) is 8.83. The van der Waals surface area contributed by atoms with Gasteiger partial charge in [0.05, 0.1) is 0 Å². The summed E-state index contributed by atoms with van der Waals surface area (Å²) in [5.74, 6) is 8.80. The van der Waals surface area contributed by atoms with E-state index >= 15 is 0 Å². The van der Waals surface area contributed by atoms with Gasteiger partial charge >= 0.3 is 0 Å². The van der Waals surface area contributed by atoms with Crippen molar-refractivity contribution in [2.24, 2.45) is 11.8 Å². The van der Waals surface area contributed by atoms with Crippen molar-refractivity contribution < 1.29 is 0 Å². The van der Waals surface area contributed by atoms with Gasteiger partial charge in [-0.1, -0.05) is 40.5 Å². The predicted molar refractivity (Wildman–Crippen MR) is 81.1 cm³/mol. The number of nitrogens with zero attached hydrogens (tertiary/aromatic N) is 2. The summed E-state index contributed by atoms with van der Waals surface area (Å²) in [5, 5.41) is 3.34. The van der Waals surface area contributed by atoms with Gasteiger partial charge in [-0.25, -0.2) is 15.8 Å². The molecule has 5 nitrogen and oxygen atoms in total. The zero-order valence-electron chi connectivity index (χ0n) is 12.5. The first-order valence-corrected chi connectivity index (χ1v) is 7.12. The SMILES string of the molecule is CC(C)CCCCNc1cc(NN)nc(C(C)C)n1. The molecular weight excluding hydrogens is 238 g/mol. The Morgan fingerprint density at radius 2 is 1.79 bits per heavy atom. The van der Waals surface area contributed by atoms with Crippen LogP contribution in [0.2, 0.25) is 0 Å². The molecule has 1 aromatic rings. The molecule has 0 unspecified atom stereocenters. The van der Waals surface area contributed by atoms with Gasteiger partial charge in [0.25, 0.3) is 0 Å². The number of unbranched alkanes of at least 4 members (excludes halogenated alkanes) is 1. The average Bonchev–Trinajstić information content (AvgIpc) is 2.37. The maximum absolute atomic E-state index is 5.43. The fraction of sp³-hybridized carbons (Fsp3) is 0.714. The maximum atomic E-state index is 5.43. The van der Waals surface area contributed by atoms with E-state index < -0.39 is 0 Å². The van der Waals surface area contributed by atoms with Gasteiger partial charge in [-0.2, -0.15) is 0 Å². The summed E-state index contributed by atoms with van der Waals surface area (Å²) in [5.41, 5.74) is 2.59. The van der Waals surface area contributed by atoms with Crippen molar-refractivity contribution in [3.05, 3.63) is 11.9 Å². The van der Waals surface area contributed by atoms with Crippen LogP contribution in [0.4, 0.5) is 11.6 Å². The summed E-state index contributed by atoms with van der Waals surface area (Å²) in [6.07, 6.45) is 3.68. The Bertz CT molecular complexity index is 376. The minimum atomic E-state index is 0.287. The molecule has 1 aromatic heterocycles. The van der Waals surface area contributed by atoms with E-state index in [1.165, 1.54) is 12.8 Å². The number of nitrogens with one attached hydrogen (secondary N) is 2. The van der Waals surface area contributed by atoms with Gasteiger partial charge in [0.2, 0.25) is 0 Å². The van der Waals surface area contributed by atoms with E-state index in [1.807, 2.05) is 6.07 Å². The first-order valence-electron chi connectivity index (χ1n) is 7.12. The third-order valence-electron chi connectivity index (χ3n) is 2.92. The third-order valence-corrected chi connectivity index (χ3v) is 2.92. The number of hydrogen-bond donors (Lipinski definition) is 3. The van der Waals surface area contributed by atoms with E-state index in [0.29, 0.717) is 5.82 Å². The van der Waals surface area contributed by atoms with E-state index in [2.05, 4.69) is 48.4 Å². The lowest BCUT2D eigenvalue weighted by Gasteiger charge is -2.11. The molecule has 0 saturated heterocycles. The van der Waals surface area contributed by atoms with Crippen LogP contribution in [0.25, 0.3) is 0 Å². The Morgan fingerprint density at radius 1 is 1.11 bits per heavy atom. The molecular formula is C14H27N5. The van der Waals surface area contributed by atoms with E-state index in [9.17, 15) is 0 Å². The van der Waals surface area contributed by atoms with Crippen LogP contribution in [0.15, 0.2) is 6.07 Å². The molecule has 0 fully saturated rings. The first kappa shape index (κ1) is 15.7. The van der Waals surface area contributed by atoms with E-state index in [1.54, 1.807) is 0 Å². The van der Waals surface area contributed by atoms with E-state index in [-0.39, 0.29) is 5.92 Å². The molecule has 1 rings (SSSR count). The summed E-state index contributed by atoms with van der Waals surface area (Å²) in [6, 6.07) is 1.84. The molecule has 4 N–H and O–H groups in total. The number of hydrazine groups is 1. The Kier molecular flexibility index (Phi) is 6.56. The average molecular weight is 265 g/mol. The highest BCUT2D eigenvalue weighted by Crippen LogP contribution is 2.16. The fourth-order valence-electron chi connectivity index (χ4n) is 1.78. The second-order valence-corrected chi connectivity index (χ2v) is 5.61. The Labute approximate surface area is 116 Å². The van der Waals surface area contributed by atoms with Gasteiger partial charge < -0.3 is 10.7 Å². The number of anilines is 2. The van der Waals surface area contributed by atoms with Crippen LogP contribution < -0.4 is 16.6 Å². The Balaban J connectivity index is 2.50. The van der Waals surface area contributed by atoms with Gasteiger partial charge in [0.15, 0.2) is 0 Å². The van der Waals surface area contributed by atoms with Crippen LogP contribution in [0.3, 0.4) is 0 Å².